The molecule has 0 radical (unpaired) electrons. The van der Waals surface area contributed by atoms with E-state index in [2.05, 4.69) is 38.2 Å². The number of hydrogen-bond acceptors (Lipinski definition) is 7. The highest BCUT2D eigenvalue weighted by Crippen LogP contribution is 2.43. The molecule has 0 saturated heterocycles. The third kappa shape index (κ3) is 36.3. The van der Waals surface area contributed by atoms with E-state index in [1.165, 1.54) is 83.5 Å². The number of phosphoric acid groups is 1. The molecule has 2 atom stereocenters. The summed E-state index contributed by atoms with van der Waals surface area (Å²) in [4.78, 5) is 35.1. The van der Waals surface area contributed by atoms with Gasteiger partial charge in [-0.2, -0.15) is 0 Å². The first-order chi connectivity index (χ1) is 24.0. The molecule has 0 aromatic carbocycles. The molecule has 0 aromatic heterocycles. The summed E-state index contributed by atoms with van der Waals surface area (Å²) in [7, 11) is 1.47. The molecule has 9 nitrogen and oxygen atoms in total. The van der Waals surface area contributed by atoms with Crippen LogP contribution in [0.25, 0.3) is 0 Å². The Bertz CT molecular complexity index is 918. The molecule has 0 aliphatic heterocycles. The SMILES string of the molecule is CCCCC/C=C\C/C=C\CCCCCCCCCC(=O)O[C@H](COC(=O)CCCCCCCCCCC)COP(=O)(O)OCC[N+](C)(C)C. The number of allylic oxidation sites excluding steroid dienone is 4. The summed E-state index contributed by atoms with van der Waals surface area (Å²) in [5.41, 5.74) is 0. The van der Waals surface area contributed by atoms with Crippen molar-refractivity contribution in [3.63, 3.8) is 0 Å². The van der Waals surface area contributed by atoms with E-state index in [9.17, 15) is 19.0 Å². The van der Waals surface area contributed by atoms with Crippen LogP contribution in [0.4, 0.5) is 0 Å². The van der Waals surface area contributed by atoms with Crippen molar-refractivity contribution >= 4 is 19.8 Å². The lowest BCUT2D eigenvalue weighted by Crippen LogP contribution is -2.37. The number of ether oxygens (including phenoxy) is 2. The molecule has 1 N–H and O–H groups in total. The maximum absolute atomic E-state index is 12.6. The normalized spacial score (nSPS) is 14.0. The summed E-state index contributed by atoms with van der Waals surface area (Å²) in [5, 5.41) is 0. The fourth-order valence-electron chi connectivity index (χ4n) is 5.28. The molecule has 0 aromatic rings. The van der Waals surface area contributed by atoms with Crippen LogP contribution in [0.3, 0.4) is 0 Å². The molecule has 0 spiro atoms. The van der Waals surface area contributed by atoms with E-state index in [1.54, 1.807) is 0 Å². The maximum atomic E-state index is 12.6. The fraction of sp³-hybridized carbons (Fsp3) is 0.850. The Labute approximate surface area is 307 Å². The first-order valence-corrected chi connectivity index (χ1v) is 21.6. The predicted molar refractivity (Wildman–Crippen MR) is 206 cm³/mol. The fourth-order valence-corrected chi connectivity index (χ4v) is 6.02. The van der Waals surface area contributed by atoms with Gasteiger partial charge in [0.25, 0.3) is 0 Å². The largest absolute Gasteiger partial charge is 0.472 e. The van der Waals surface area contributed by atoms with Crippen LogP contribution in [-0.2, 0) is 32.7 Å². The second kappa shape index (κ2) is 33.3. The Hall–Kier alpha value is -1.51. The zero-order chi connectivity index (χ0) is 37.2. The van der Waals surface area contributed by atoms with Gasteiger partial charge in [-0.3, -0.25) is 18.6 Å². The van der Waals surface area contributed by atoms with Crippen LogP contribution in [0.15, 0.2) is 24.3 Å². The van der Waals surface area contributed by atoms with Crippen molar-refractivity contribution in [2.75, 3.05) is 47.5 Å². The quantitative estimate of drug-likeness (QED) is 0.0223. The van der Waals surface area contributed by atoms with E-state index < -0.39 is 26.5 Å². The summed E-state index contributed by atoms with van der Waals surface area (Å²) in [5.74, 6) is -0.809. The number of esters is 2. The van der Waals surface area contributed by atoms with E-state index in [0.29, 0.717) is 17.4 Å². The van der Waals surface area contributed by atoms with E-state index in [1.807, 2.05) is 21.1 Å². The average molecular weight is 731 g/mol. The summed E-state index contributed by atoms with van der Waals surface area (Å²) >= 11 is 0. The lowest BCUT2D eigenvalue weighted by atomic mass is 10.1. The second-order valence-corrected chi connectivity index (χ2v) is 16.1. The standard InChI is InChI=1S/C40H76NO8P/c1-6-8-10-12-14-16-17-18-19-20-21-22-23-25-27-29-31-33-40(43)49-38(37-48-50(44,45)47-35-34-41(3,4)5)36-46-39(42)32-30-28-26-24-15-13-11-9-7-2/h14,16,18-19,38H,6-13,15,17,20-37H2,1-5H3/p+1/b16-14-,19-18-/t38-/m1/s1. The Kier molecular flexibility index (Phi) is 32.3. The molecule has 10 heteroatoms. The van der Waals surface area contributed by atoms with Crippen LogP contribution in [0, 0.1) is 0 Å². The number of likely N-dealkylation sites (N-methyl/N-ethyl adjacent to an activating group) is 1. The molecule has 0 aliphatic carbocycles. The van der Waals surface area contributed by atoms with Crippen LogP contribution in [0.5, 0.6) is 0 Å². The second-order valence-electron chi connectivity index (χ2n) is 14.7. The third-order valence-electron chi connectivity index (χ3n) is 8.48. The van der Waals surface area contributed by atoms with Crippen LogP contribution in [-0.4, -0.2) is 74.9 Å². The van der Waals surface area contributed by atoms with Gasteiger partial charge in [-0.1, -0.05) is 134 Å². The molecular formula is C40H77NO8P+. The van der Waals surface area contributed by atoms with Crippen molar-refractivity contribution in [1.29, 1.82) is 0 Å². The minimum absolute atomic E-state index is 0.0314. The highest BCUT2D eigenvalue weighted by molar-refractivity contribution is 7.47. The molecule has 50 heavy (non-hydrogen) atoms. The molecule has 0 aliphatic rings. The summed E-state index contributed by atoms with van der Waals surface area (Å²) in [6, 6.07) is 0. The van der Waals surface area contributed by atoms with Gasteiger partial charge in [-0.15, -0.1) is 0 Å². The van der Waals surface area contributed by atoms with Crippen molar-refractivity contribution in [2.45, 2.75) is 174 Å². The van der Waals surface area contributed by atoms with Crippen LogP contribution >= 0.6 is 7.82 Å². The van der Waals surface area contributed by atoms with Gasteiger partial charge in [0.15, 0.2) is 6.10 Å². The molecule has 0 amide bonds. The van der Waals surface area contributed by atoms with Crippen molar-refractivity contribution in [1.82, 2.24) is 0 Å². The van der Waals surface area contributed by atoms with Gasteiger partial charge in [0.2, 0.25) is 0 Å². The number of unbranched alkanes of at least 4 members (excludes halogenated alkanes) is 18. The number of rotatable bonds is 36. The minimum atomic E-state index is -4.37. The smallest absolute Gasteiger partial charge is 0.462 e. The van der Waals surface area contributed by atoms with Gasteiger partial charge in [0, 0.05) is 12.8 Å². The molecular weight excluding hydrogens is 653 g/mol. The van der Waals surface area contributed by atoms with Gasteiger partial charge < -0.3 is 18.9 Å². The monoisotopic (exact) mass is 731 g/mol. The molecule has 1 unspecified atom stereocenters. The van der Waals surface area contributed by atoms with Gasteiger partial charge >= 0.3 is 19.8 Å². The molecule has 0 rings (SSSR count). The number of carbonyl (C=O) groups excluding carboxylic acids is 2. The highest BCUT2D eigenvalue weighted by Gasteiger charge is 2.27. The maximum Gasteiger partial charge on any atom is 0.472 e. The first kappa shape index (κ1) is 48.5. The zero-order valence-electron chi connectivity index (χ0n) is 32.9. The summed E-state index contributed by atoms with van der Waals surface area (Å²) in [6.45, 7) is 4.36. The van der Waals surface area contributed by atoms with Crippen molar-refractivity contribution in [3.8, 4) is 0 Å². The zero-order valence-corrected chi connectivity index (χ0v) is 33.8. The number of hydrogen-bond donors (Lipinski definition) is 1. The first-order valence-electron chi connectivity index (χ1n) is 20.1. The van der Waals surface area contributed by atoms with Gasteiger partial charge in [0.05, 0.1) is 27.7 Å². The molecule has 0 heterocycles. The molecule has 294 valence electrons. The average Bonchev–Trinajstić information content (AvgIpc) is 3.06. The van der Waals surface area contributed by atoms with Crippen molar-refractivity contribution in [3.05, 3.63) is 24.3 Å². The van der Waals surface area contributed by atoms with E-state index in [0.717, 1.165) is 51.4 Å². The van der Waals surface area contributed by atoms with Crippen LogP contribution in [0.1, 0.15) is 168 Å². The number of carbonyl (C=O) groups is 2. The highest BCUT2D eigenvalue weighted by atomic mass is 31.2. The lowest BCUT2D eigenvalue weighted by Gasteiger charge is -2.24. The van der Waals surface area contributed by atoms with Gasteiger partial charge in [-0.05, 0) is 44.9 Å². The Morgan fingerprint density at radius 1 is 0.620 bits per heavy atom. The van der Waals surface area contributed by atoms with Gasteiger partial charge in [0.1, 0.15) is 19.8 Å². The summed E-state index contributed by atoms with van der Waals surface area (Å²) < 4.78 is 34.1. The Balaban J connectivity index is 4.38. The molecule has 0 bridgehead atoms. The van der Waals surface area contributed by atoms with E-state index in [-0.39, 0.29) is 32.0 Å². The van der Waals surface area contributed by atoms with Crippen molar-refractivity contribution < 1.29 is 42.1 Å². The number of nitrogens with zero attached hydrogens (tertiary/aromatic N) is 1. The Morgan fingerprint density at radius 3 is 1.62 bits per heavy atom. The molecule has 0 fully saturated rings. The topological polar surface area (TPSA) is 108 Å². The minimum Gasteiger partial charge on any atom is -0.462 e. The molecule has 0 saturated carbocycles. The Morgan fingerprint density at radius 2 is 1.08 bits per heavy atom. The number of phosphoric ester groups is 1. The lowest BCUT2D eigenvalue weighted by molar-refractivity contribution is -0.870. The van der Waals surface area contributed by atoms with E-state index in [4.69, 9.17) is 18.5 Å². The van der Waals surface area contributed by atoms with E-state index >= 15 is 0 Å². The predicted octanol–water partition coefficient (Wildman–Crippen LogP) is 10.8. The van der Waals surface area contributed by atoms with Crippen molar-refractivity contribution in [2.24, 2.45) is 0 Å². The van der Waals surface area contributed by atoms with Crippen LogP contribution < -0.4 is 0 Å². The number of quaternary nitrogens is 1. The summed E-state index contributed by atoms with van der Waals surface area (Å²) in [6.07, 6.45) is 33.7. The third-order valence-corrected chi connectivity index (χ3v) is 9.47. The van der Waals surface area contributed by atoms with Gasteiger partial charge in [-0.25, -0.2) is 4.57 Å². The van der Waals surface area contributed by atoms with Crippen LogP contribution in [0.2, 0.25) is 0 Å².